The zero-order valence-electron chi connectivity index (χ0n) is 5.88. The minimum atomic E-state index is -0.572. The second kappa shape index (κ2) is 5.18. The molecule has 1 atom stereocenters. The number of hydrazone groups is 1. The zero-order valence-corrected chi connectivity index (χ0v) is 5.88. The fraction of sp³-hybridized carbons (Fsp3) is 0.250. The van der Waals surface area contributed by atoms with Crippen molar-refractivity contribution < 1.29 is 0 Å². The van der Waals surface area contributed by atoms with Crippen LogP contribution in [0.1, 0.15) is 0 Å². The lowest BCUT2D eigenvalue weighted by molar-refractivity contribution is 0.977. The van der Waals surface area contributed by atoms with Crippen LogP contribution in [0.15, 0.2) is 27.7 Å². The molecule has 0 aromatic heterocycles. The molecule has 7 heteroatoms. The lowest BCUT2D eigenvalue weighted by atomic mass is 10.3. The molecule has 0 aliphatic carbocycles. The van der Waals surface area contributed by atoms with E-state index in [1.54, 1.807) is 0 Å². The van der Waals surface area contributed by atoms with Crippen molar-refractivity contribution in [1.82, 2.24) is 0 Å². The van der Waals surface area contributed by atoms with Gasteiger partial charge in [0.05, 0.1) is 6.04 Å². The highest BCUT2D eigenvalue weighted by molar-refractivity contribution is 5.88. The standard InChI is InChI=1S/C4H11N7/c5-2-1-3(6)4(9-7)10-11-8/h1-3H,5-7H2,(H2,8,9,10)/b2-1-. The normalized spacial score (nSPS) is 16.3. The Bertz CT molecular complexity index is 181. The molecule has 0 aromatic carbocycles. The van der Waals surface area contributed by atoms with Gasteiger partial charge in [-0.2, -0.15) is 5.10 Å². The van der Waals surface area contributed by atoms with Gasteiger partial charge >= 0.3 is 0 Å². The maximum atomic E-state index is 5.44. The molecule has 0 fully saturated rings. The van der Waals surface area contributed by atoms with E-state index >= 15 is 0 Å². The monoisotopic (exact) mass is 157 g/mol. The van der Waals surface area contributed by atoms with E-state index < -0.39 is 6.04 Å². The average molecular weight is 157 g/mol. The summed E-state index contributed by atoms with van der Waals surface area (Å²) in [4.78, 5) is 0. The van der Waals surface area contributed by atoms with Crippen LogP contribution in [0.5, 0.6) is 0 Å². The minimum Gasteiger partial charge on any atom is -0.405 e. The van der Waals surface area contributed by atoms with E-state index in [1.165, 1.54) is 12.3 Å². The van der Waals surface area contributed by atoms with Crippen LogP contribution >= 0.6 is 0 Å². The van der Waals surface area contributed by atoms with E-state index in [-0.39, 0.29) is 5.84 Å². The van der Waals surface area contributed by atoms with Crippen LogP contribution in [0.3, 0.4) is 0 Å². The average Bonchev–Trinajstić information content (AvgIpc) is 2.00. The Morgan fingerprint density at radius 2 is 2.00 bits per heavy atom. The molecule has 7 nitrogen and oxygen atoms in total. The van der Waals surface area contributed by atoms with E-state index in [0.29, 0.717) is 0 Å². The van der Waals surface area contributed by atoms with Gasteiger partial charge in [0.1, 0.15) is 0 Å². The molecule has 11 heavy (non-hydrogen) atoms. The SMILES string of the molecule is N/C=C\C(N)C(N=NN)=NN. The Balaban J connectivity index is 4.27. The van der Waals surface area contributed by atoms with Crippen LogP contribution in [-0.4, -0.2) is 11.9 Å². The highest BCUT2D eigenvalue weighted by Gasteiger charge is 2.05. The topological polar surface area (TPSA) is 141 Å². The highest BCUT2D eigenvalue weighted by Crippen LogP contribution is 1.87. The zero-order chi connectivity index (χ0) is 8.69. The number of hydrogen-bond acceptors (Lipinski definition) is 5. The quantitative estimate of drug-likeness (QED) is 0.126. The number of nitrogens with zero attached hydrogens (tertiary/aromatic N) is 3. The van der Waals surface area contributed by atoms with Crippen LogP contribution in [0, 0.1) is 0 Å². The third-order valence-electron chi connectivity index (χ3n) is 0.909. The summed E-state index contributed by atoms with van der Waals surface area (Å²) in [5.41, 5.74) is 10.5. The van der Waals surface area contributed by atoms with Crippen LogP contribution in [0.4, 0.5) is 0 Å². The van der Waals surface area contributed by atoms with Crippen LogP contribution in [-0.2, 0) is 0 Å². The van der Waals surface area contributed by atoms with Gasteiger partial charge in [0.15, 0.2) is 5.84 Å². The Morgan fingerprint density at radius 3 is 2.36 bits per heavy atom. The van der Waals surface area contributed by atoms with E-state index in [9.17, 15) is 0 Å². The van der Waals surface area contributed by atoms with Gasteiger partial charge in [-0.3, -0.25) is 0 Å². The summed E-state index contributed by atoms with van der Waals surface area (Å²) in [6.45, 7) is 0. The molecular weight excluding hydrogens is 146 g/mol. The summed E-state index contributed by atoms with van der Waals surface area (Å²) in [6, 6.07) is -0.572. The van der Waals surface area contributed by atoms with Crippen molar-refractivity contribution in [2.45, 2.75) is 6.04 Å². The molecule has 0 amide bonds. The first-order valence-corrected chi connectivity index (χ1v) is 2.79. The van der Waals surface area contributed by atoms with Crippen molar-refractivity contribution in [2.24, 2.45) is 38.6 Å². The minimum absolute atomic E-state index is 0.120. The molecule has 0 radical (unpaired) electrons. The van der Waals surface area contributed by atoms with Crippen molar-refractivity contribution in [3.8, 4) is 0 Å². The van der Waals surface area contributed by atoms with Crippen molar-refractivity contribution in [3.05, 3.63) is 12.3 Å². The van der Waals surface area contributed by atoms with Crippen molar-refractivity contribution in [1.29, 1.82) is 0 Å². The summed E-state index contributed by atoms with van der Waals surface area (Å²) < 4.78 is 0. The van der Waals surface area contributed by atoms with Gasteiger partial charge in [0, 0.05) is 0 Å². The van der Waals surface area contributed by atoms with Crippen molar-refractivity contribution in [3.63, 3.8) is 0 Å². The van der Waals surface area contributed by atoms with Gasteiger partial charge in [0.25, 0.3) is 0 Å². The molecule has 0 aliphatic rings. The molecule has 8 N–H and O–H groups in total. The van der Waals surface area contributed by atoms with Crippen LogP contribution in [0.25, 0.3) is 0 Å². The second-order valence-corrected chi connectivity index (χ2v) is 1.61. The summed E-state index contributed by atoms with van der Waals surface area (Å²) in [6.07, 6.45) is 2.72. The van der Waals surface area contributed by atoms with E-state index in [1.807, 2.05) is 0 Å². The summed E-state index contributed by atoms with van der Waals surface area (Å²) >= 11 is 0. The number of nitrogens with two attached hydrogens (primary N) is 4. The molecule has 0 saturated heterocycles. The molecule has 0 heterocycles. The molecule has 0 saturated carbocycles. The molecule has 0 aliphatic heterocycles. The first kappa shape index (κ1) is 9.37. The number of rotatable bonds is 2. The molecular formula is C4H11N7. The first-order valence-electron chi connectivity index (χ1n) is 2.79. The Kier molecular flexibility index (Phi) is 4.41. The smallest absolute Gasteiger partial charge is 0.192 e. The molecule has 0 aromatic rings. The Hall–Kier alpha value is -1.63. The van der Waals surface area contributed by atoms with Gasteiger partial charge in [-0.25, -0.2) is 0 Å². The predicted octanol–water partition coefficient (Wildman–Crippen LogP) is -1.62. The van der Waals surface area contributed by atoms with Gasteiger partial charge < -0.3 is 23.2 Å². The molecule has 0 rings (SSSR count). The Morgan fingerprint density at radius 1 is 1.36 bits per heavy atom. The van der Waals surface area contributed by atoms with Gasteiger partial charge in [0.2, 0.25) is 0 Å². The van der Waals surface area contributed by atoms with E-state index in [4.69, 9.17) is 23.2 Å². The first-order chi connectivity index (χ1) is 5.26. The van der Waals surface area contributed by atoms with Gasteiger partial charge in [-0.15, -0.1) is 5.11 Å². The molecule has 0 bridgehead atoms. The second-order valence-electron chi connectivity index (χ2n) is 1.61. The summed E-state index contributed by atoms with van der Waals surface area (Å²) in [5, 5.41) is 9.57. The molecule has 0 spiro atoms. The van der Waals surface area contributed by atoms with E-state index in [0.717, 1.165) is 0 Å². The maximum Gasteiger partial charge on any atom is 0.192 e. The summed E-state index contributed by atoms with van der Waals surface area (Å²) in [7, 11) is 0. The summed E-state index contributed by atoms with van der Waals surface area (Å²) in [5.74, 6) is 9.78. The highest BCUT2D eigenvalue weighted by atomic mass is 15.3. The fourth-order valence-corrected chi connectivity index (χ4v) is 0.443. The largest absolute Gasteiger partial charge is 0.405 e. The van der Waals surface area contributed by atoms with Crippen LogP contribution < -0.4 is 23.2 Å². The van der Waals surface area contributed by atoms with Crippen molar-refractivity contribution >= 4 is 5.84 Å². The third kappa shape index (κ3) is 3.16. The van der Waals surface area contributed by atoms with E-state index in [2.05, 4.69) is 15.4 Å². The maximum absolute atomic E-state index is 5.44. The van der Waals surface area contributed by atoms with Gasteiger partial charge in [-0.1, -0.05) is 5.22 Å². The third-order valence-corrected chi connectivity index (χ3v) is 0.909. The predicted molar refractivity (Wildman–Crippen MR) is 42.0 cm³/mol. The van der Waals surface area contributed by atoms with Crippen LogP contribution in [0.2, 0.25) is 0 Å². The molecule has 1 unspecified atom stereocenters. The van der Waals surface area contributed by atoms with Gasteiger partial charge in [-0.05, 0) is 12.3 Å². The fourth-order valence-electron chi connectivity index (χ4n) is 0.443. The Labute approximate surface area is 63.8 Å². The lowest BCUT2D eigenvalue weighted by Crippen LogP contribution is -2.28. The van der Waals surface area contributed by atoms with Crippen molar-refractivity contribution in [2.75, 3.05) is 0 Å². The number of hydrogen-bond donors (Lipinski definition) is 4. The number of amidine groups is 1. The molecule has 62 valence electrons. The lowest BCUT2D eigenvalue weighted by Gasteiger charge is -2.01.